The van der Waals surface area contributed by atoms with Crippen molar-refractivity contribution in [1.82, 2.24) is 0 Å². The van der Waals surface area contributed by atoms with Crippen LogP contribution >= 0.6 is 0 Å². The summed E-state index contributed by atoms with van der Waals surface area (Å²) >= 11 is 0. The lowest BCUT2D eigenvalue weighted by Gasteiger charge is -2.42. The van der Waals surface area contributed by atoms with Gasteiger partial charge in [-0.2, -0.15) is 0 Å². The number of rotatable bonds is 20. The van der Waals surface area contributed by atoms with Gasteiger partial charge >= 0.3 is 23.3 Å². The molecule has 0 spiro atoms. The quantitative estimate of drug-likeness (QED) is 0.0831. The first-order chi connectivity index (χ1) is 18.0. The highest BCUT2D eigenvalue weighted by Gasteiger charge is 2.51. The van der Waals surface area contributed by atoms with E-state index < -0.39 is 34.0 Å². The van der Waals surface area contributed by atoms with Crippen LogP contribution in [0.1, 0.15) is 70.3 Å². The minimum Gasteiger partial charge on any atom is -0.465 e. The number of ether oxygens (including phenoxy) is 1. The maximum atomic E-state index is 12.9. The lowest BCUT2D eigenvalue weighted by molar-refractivity contribution is -0.148. The van der Waals surface area contributed by atoms with E-state index in [0.29, 0.717) is 25.0 Å². The largest absolute Gasteiger partial charge is 0.471 e. The van der Waals surface area contributed by atoms with Crippen LogP contribution in [0.5, 0.6) is 0 Å². The number of benzene rings is 1. The number of carbonyl (C=O) groups excluding carboxylic acids is 1. The molecule has 0 aliphatic rings. The van der Waals surface area contributed by atoms with Gasteiger partial charge in [-0.05, 0) is 89.5 Å². The van der Waals surface area contributed by atoms with Gasteiger partial charge in [-0.3, -0.25) is 4.79 Å². The Morgan fingerprint density at radius 1 is 0.795 bits per heavy atom. The molecule has 0 saturated carbocycles. The van der Waals surface area contributed by atoms with Crippen molar-refractivity contribution in [2.24, 2.45) is 5.92 Å². The standard InChI is InChI=1S/C29H58O6Si4/c1-12-13-15-19-28(27-20-16-14-17-21-27)23-22-26(2)29(30)32-24-18-25-39(33-36(4,5)6,34-37(7,8)9)35-38(10,11)31-3/h14,16-17,20-21,26,28H,12-13,15,18-19,22-25H2,1-11H3. The fourth-order valence-electron chi connectivity index (χ4n) is 4.58. The first-order valence-corrected chi connectivity index (χ1v) is 26.4. The number of hydrogen-bond acceptors (Lipinski definition) is 6. The van der Waals surface area contributed by atoms with Crippen molar-refractivity contribution < 1.29 is 26.3 Å². The third kappa shape index (κ3) is 15.8. The molecule has 2 atom stereocenters. The Hall–Kier alpha value is -0.602. The minimum absolute atomic E-state index is 0.118. The summed E-state index contributed by atoms with van der Waals surface area (Å²) in [5.41, 5.74) is 1.38. The van der Waals surface area contributed by atoms with Crippen molar-refractivity contribution in [2.75, 3.05) is 13.7 Å². The van der Waals surface area contributed by atoms with Crippen LogP contribution in [0, 0.1) is 5.92 Å². The van der Waals surface area contributed by atoms with E-state index in [1.165, 1.54) is 31.2 Å². The van der Waals surface area contributed by atoms with E-state index in [1.807, 2.05) is 20.0 Å². The molecule has 0 radical (unpaired) electrons. The topological polar surface area (TPSA) is 63.2 Å². The summed E-state index contributed by atoms with van der Waals surface area (Å²) in [7, 11) is -7.71. The summed E-state index contributed by atoms with van der Waals surface area (Å²) in [5.74, 6) is 0.242. The highest BCUT2D eigenvalue weighted by molar-refractivity contribution is 6.89. The molecule has 39 heavy (non-hydrogen) atoms. The molecule has 0 saturated heterocycles. The molecular formula is C29H58O6Si4. The van der Waals surface area contributed by atoms with Gasteiger partial charge in [-0.1, -0.05) is 63.4 Å². The number of esters is 1. The lowest BCUT2D eigenvalue weighted by Crippen LogP contribution is -2.61. The second kappa shape index (κ2) is 16.7. The second-order valence-corrected chi connectivity index (χ2v) is 29.1. The summed E-state index contributed by atoms with van der Waals surface area (Å²) in [6.45, 7) is 21.6. The van der Waals surface area contributed by atoms with Crippen molar-refractivity contribution in [1.29, 1.82) is 0 Å². The fraction of sp³-hybridized carbons (Fsp3) is 0.759. The molecular weight excluding hydrogens is 557 g/mol. The number of carbonyl (C=O) groups is 1. The van der Waals surface area contributed by atoms with Gasteiger partial charge in [0.15, 0.2) is 16.6 Å². The first-order valence-electron chi connectivity index (χ1n) is 14.9. The average molecular weight is 615 g/mol. The van der Waals surface area contributed by atoms with E-state index in [-0.39, 0.29) is 11.9 Å². The van der Waals surface area contributed by atoms with E-state index in [1.54, 1.807) is 7.11 Å². The Balaban J connectivity index is 2.78. The summed E-state index contributed by atoms with van der Waals surface area (Å²) in [4.78, 5) is 12.9. The Bertz CT molecular complexity index is 807. The van der Waals surface area contributed by atoms with E-state index >= 15 is 0 Å². The van der Waals surface area contributed by atoms with Crippen molar-refractivity contribution >= 4 is 40.0 Å². The predicted octanol–water partition coefficient (Wildman–Crippen LogP) is 8.71. The van der Waals surface area contributed by atoms with Gasteiger partial charge < -0.3 is 21.5 Å². The van der Waals surface area contributed by atoms with Crippen LogP contribution in [0.4, 0.5) is 0 Å². The van der Waals surface area contributed by atoms with Crippen LogP contribution in [0.2, 0.25) is 58.4 Å². The molecule has 1 rings (SSSR count). The molecule has 226 valence electrons. The van der Waals surface area contributed by atoms with E-state index in [2.05, 4.69) is 76.5 Å². The van der Waals surface area contributed by atoms with Gasteiger partial charge in [0.05, 0.1) is 12.5 Å². The smallest absolute Gasteiger partial charge is 0.465 e. The van der Waals surface area contributed by atoms with Crippen LogP contribution in [-0.2, 0) is 26.3 Å². The summed E-state index contributed by atoms with van der Waals surface area (Å²) in [5, 5.41) is 0. The van der Waals surface area contributed by atoms with Crippen molar-refractivity contribution in [3.05, 3.63) is 35.9 Å². The number of hydrogen-bond donors (Lipinski definition) is 0. The van der Waals surface area contributed by atoms with Crippen LogP contribution in [0.3, 0.4) is 0 Å². The normalized spacial score (nSPS) is 14.7. The third-order valence-electron chi connectivity index (χ3n) is 6.47. The Labute approximate surface area is 244 Å². The molecule has 0 heterocycles. The fourth-order valence-corrected chi connectivity index (χ4v) is 18.8. The van der Waals surface area contributed by atoms with E-state index in [9.17, 15) is 4.79 Å². The van der Waals surface area contributed by atoms with Gasteiger partial charge in [0, 0.05) is 13.2 Å². The molecule has 0 aromatic heterocycles. The maximum Gasteiger partial charge on any atom is 0.471 e. The highest BCUT2D eigenvalue weighted by Crippen LogP contribution is 2.31. The second-order valence-electron chi connectivity index (χ2n) is 13.2. The minimum atomic E-state index is -3.04. The molecule has 6 nitrogen and oxygen atoms in total. The molecule has 0 fully saturated rings. The molecule has 0 aliphatic heterocycles. The molecule has 1 aromatic carbocycles. The maximum absolute atomic E-state index is 12.9. The zero-order chi connectivity index (χ0) is 29.7. The average Bonchev–Trinajstić information content (AvgIpc) is 2.81. The summed E-state index contributed by atoms with van der Waals surface area (Å²) < 4.78 is 31.6. The predicted molar refractivity (Wildman–Crippen MR) is 172 cm³/mol. The Morgan fingerprint density at radius 2 is 1.38 bits per heavy atom. The molecule has 0 N–H and O–H groups in total. The summed E-state index contributed by atoms with van der Waals surface area (Å²) in [6.07, 6.45) is 7.35. The third-order valence-corrected chi connectivity index (χ3v) is 19.0. The Kier molecular flexibility index (Phi) is 15.6. The van der Waals surface area contributed by atoms with Crippen LogP contribution in [0.25, 0.3) is 0 Å². The lowest BCUT2D eigenvalue weighted by atomic mass is 9.87. The summed E-state index contributed by atoms with van der Waals surface area (Å²) in [6, 6.07) is 11.3. The van der Waals surface area contributed by atoms with Crippen molar-refractivity contribution in [2.45, 2.75) is 123 Å². The zero-order valence-electron chi connectivity index (χ0n) is 26.9. The van der Waals surface area contributed by atoms with Crippen molar-refractivity contribution in [3.8, 4) is 0 Å². The Morgan fingerprint density at radius 3 is 1.90 bits per heavy atom. The van der Waals surface area contributed by atoms with Gasteiger partial charge in [0.2, 0.25) is 0 Å². The van der Waals surface area contributed by atoms with E-state index in [4.69, 9.17) is 21.5 Å². The van der Waals surface area contributed by atoms with Gasteiger partial charge in [-0.25, -0.2) is 0 Å². The monoisotopic (exact) mass is 614 g/mol. The first kappa shape index (κ1) is 36.4. The van der Waals surface area contributed by atoms with E-state index in [0.717, 1.165) is 12.8 Å². The van der Waals surface area contributed by atoms with Gasteiger partial charge in [0.25, 0.3) is 0 Å². The molecule has 0 bridgehead atoms. The van der Waals surface area contributed by atoms with Gasteiger partial charge in [-0.15, -0.1) is 0 Å². The molecule has 0 amide bonds. The number of unbranched alkanes of at least 4 members (excludes halogenated alkanes) is 2. The molecule has 0 aliphatic carbocycles. The van der Waals surface area contributed by atoms with Crippen LogP contribution in [0.15, 0.2) is 30.3 Å². The highest BCUT2D eigenvalue weighted by atomic mass is 28.5. The molecule has 1 aromatic rings. The van der Waals surface area contributed by atoms with Crippen LogP contribution < -0.4 is 0 Å². The zero-order valence-corrected chi connectivity index (χ0v) is 30.9. The SMILES string of the molecule is CCCCCC(CCC(C)C(=O)OCCC[Si](O[Si](C)(C)C)(O[Si](C)(C)C)O[Si](C)(C)OC)c1ccccc1. The molecule has 2 unspecified atom stereocenters. The van der Waals surface area contributed by atoms with Crippen LogP contribution in [-0.4, -0.2) is 53.7 Å². The molecule has 10 heteroatoms. The van der Waals surface area contributed by atoms with Crippen molar-refractivity contribution in [3.63, 3.8) is 0 Å². The van der Waals surface area contributed by atoms with Gasteiger partial charge in [0.1, 0.15) is 0 Å².